The molecule has 86 valence electrons. The van der Waals surface area contributed by atoms with E-state index in [2.05, 4.69) is 4.98 Å². The van der Waals surface area contributed by atoms with Crippen molar-refractivity contribution >= 4 is 5.97 Å². The lowest BCUT2D eigenvalue weighted by molar-refractivity contribution is 0.0695. The van der Waals surface area contributed by atoms with E-state index in [1.54, 1.807) is 18.2 Å². The Hall–Kier alpha value is -2.56. The number of para-hydroxylation sites is 1. The molecule has 0 amide bonds. The Kier molecular flexibility index (Phi) is 2.66. The van der Waals surface area contributed by atoms with Crippen LogP contribution in [0, 0.1) is 0 Å². The minimum absolute atomic E-state index is 0.0240. The highest BCUT2D eigenvalue weighted by Gasteiger charge is 2.11. The van der Waals surface area contributed by atoms with Crippen molar-refractivity contribution in [3.63, 3.8) is 0 Å². The number of pyridine rings is 1. The van der Waals surface area contributed by atoms with Crippen LogP contribution in [-0.4, -0.2) is 21.2 Å². The van der Waals surface area contributed by atoms with Gasteiger partial charge in [0.1, 0.15) is 11.3 Å². The van der Waals surface area contributed by atoms with Crippen LogP contribution in [0.4, 0.5) is 0 Å². The number of carboxylic acids is 1. The first kappa shape index (κ1) is 10.9. The number of aromatic amines is 1. The standard InChI is InChI=1S/C12H9NO4/c14-10-4-2-1-3-8(10)7-5-9(12(16)17)11(15)13-6-7/h1-6,14H,(H,13,15)(H,16,17). The Morgan fingerprint density at radius 2 is 1.94 bits per heavy atom. The summed E-state index contributed by atoms with van der Waals surface area (Å²) in [5.41, 5.74) is -0.117. The lowest BCUT2D eigenvalue weighted by Gasteiger charge is -2.04. The second-order valence-corrected chi connectivity index (χ2v) is 3.45. The Balaban J connectivity index is 2.62. The molecule has 2 aromatic rings. The number of phenolic OH excluding ortho intramolecular Hbond substituents is 1. The maximum Gasteiger partial charge on any atom is 0.341 e. The summed E-state index contributed by atoms with van der Waals surface area (Å²) >= 11 is 0. The van der Waals surface area contributed by atoms with Crippen molar-refractivity contribution in [2.45, 2.75) is 0 Å². The number of benzene rings is 1. The zero-order chi connectivity index (χ0) is 12.4. The van der Waals surface area contributed by atoms with Gasteiger partial charge in [-0.15, -0.1) is 0 Å². The molecule has 0 saturated carbocycles. The predicted octanol–water partition coefficient (Wildman–Crippen LogP) is 1.45. The summed E-state index contributed by atoms with van der Waals surface area (Å²) in [5.74, 6) is -1.28. The quantitative estimate of drug-likeness (QED) is 0.729. The molecule has 1 aromatic carbocycles. The molecule has 0 fully saturated rings. The van der Waals surface area contributed by atoms with Crippen LogP contribution in [0.2, 0.25) is 0 Å². The molecule has 0 spiro atoms. The lowest BCUT2D eigenvalue weighted by atomic mass is 10.1. The summed E-state index contributed by atoms with van der Waals surface area (Å²) in [6, 6.07) is 7.72. The van der Waals surface area contributed by atoms with E-state index in [0.717, 1.165) is 0 Å². The van der Waals surface area contributed by atoms with Crippen molar-refractivity contribution in [2.75, 3.05) is 0 Å². The van der Waals surface area contributed by atoms with E-state index in [1.165, 1.54) is 18.3 Å². The molecule has 0 aliphatic heterocycles. The number of carbonyl (C=O) groups is 1. The Morgan fingerprint density at radius 1 is 1.24 bits per heavy atom. The van der Waals surface area contributed by atoms with E-state index in [9.17, 15) is 14.7 Å². The summed E-state index contributed by atoms with van der Waals surface area (Å²) in [6.07, 6.45) is 1.36. The van der Waals surface area contributed by atoms with Crippen LogP contribution >= 0.6 is 0 Å². The van der Waals surface area contributed by atoms with Gasteiger partial charge in [-0.05, 0) is 12.1 Å². The van der Waals surface area contributed by atoms with Gasteiger partial charge in [0.15, 0.2) is 0 Å². The Labute approximate surface area is 96.0 Å². The number of H-pyrrole nitrogens is 1. The van der Waals surface area contributed by atoms with Crippen molar-refractivity contribution < 1.29 is 15.0 Å². The zero-order valence-corrected chi connectivity index (χ0v) is 8.68. The SMILES string of the molecule is O=C(O)c1cc(-c2ccccc2O)c[nH]c1=O. The summed E-state index contributed by atoms with van der Waals surface area (Å²) < 4.78 is 0. The van der Waals surface area contributed by atoms with Gasteiger partial charge in [0.05, 0.1) is 0 Å². The van der Waals surface area contributed by atoms with Gasteiger partial charge in [-0.3, -0.25) is 4.79 Å². The number of nitrogens with one attached hydrogen (secondary N) is 1. The van der Waals surface area contributed by atoms with Crippen LogP contribution < -0.4 is 5.56 Å². The number of aromatic hydroxyl groups is 1. The first-order valence-electron chi connectivity index (χ1n) is 4.84. The van der Waals surface area contributed by atoms with Crippen LogP contribution in [-0.2, 0) is 0 Å². The highest BCUT2D eigenvalue weighted by Crippen LogP contribution is 2.27. The van der Waals surface area contributed by atoms with Crippen molar-refractivity contribution in [1.82, 2.24) is 4.98 Å². The molecule has 0 saturated heterocycles. The van der Waals surface area contributed by atoms with E-state index >= 15 is 0 Å². The topological polar surface area (TPSA) is 90.4 Å². The average Bonchev–Trinajstić information content (AvgIpc) is 2.30. The Bertz CT molecular complexity index is 630. The average molecular weight is 231 g/mol. The van der Waals surface area contributed by atoms with Gasteiger partial charge in [0.25, 0.3) is 5.56 Å². The summed E-state index contributed by atoms with van der Waals surface area (Å²) in [7, 11) is 0. The molecule has 0 aliphatic rings. The molecular formula is C12H9NO4. The largest absolute Gasteiger partial charge is 0.507 e. The molecule has 0 atom stereocenters. The predicted molar refractivity (Wildman–Crippen MR) is 61.1 cm³/mol. The summed E-state index contributed by atoms with van der Waals surface area (Å²) in [6.45, 7) is 0. The van der Waals surface area contributed by atoms with Crippen molar-refractivity contribution in [3.8, 4) is 16.9 Å². The van der Waals surface area contributed by atoms with Crippen molar-refractivity contribution in [1.29, 1.82) is 0 Å². The number of rotatable bonds is 2. The molecule has 0 radical (unpaired) electrons. The third kappa shape index (κ3) is 2.03. The Morgan fingerprint density at radius 3 is 2.59 bits per heavy atom. The van der Waals surface area contributed by atoms with Crippen LogP contribution in [0.25, 0.3) is 11.1 Å². The van der Waals surface area contributed by atoms with E-state index in [1.807, 2.05) is 0 Å². The van der Waals surface area contributed by atoms with Gasteiger partial charge < -0.3 is 15.2 Å². The van der Waals surface area contributed by atoms with E-state index in [-0.39, 0.29) is 11.3 Å². The number of aromatic nitrogens is 1. The van der Waals surface area contributed by atoms with E-state index in [0.29, 0.717) is 11.1 Å². The molecule has 0 unspecified atom stereocenters. The van der Waals surface area contributed by atoms with Crippen LogP contribution in [0.15, 0.2) is 41.3 Å². The minimum atomic E-state index is -1.30. The normalized spacial score (nSPS) is 10.1. The molecule has 0 bridgehead atoms. The highest BCUT2D eigenvalue weighted by molar-refractivity contribution is 5.89. The molecule has 5 heteroatoms. The number of hydrogen-bond donors (Lipinski definition) is 3. The van der Waals surface area contributed by atoms with E-state index in [4.69, 9.17) is 5.11 Å². The van der Waals surface area contributed by atoms with Gasteiger partial charge in [0.2, 0.25) is 0 Å². The van der Waals surface area contributed by atoms with Crippen LogP contribution in [0.5, 0.6) is 5.75 Å². The maximum absolute atomic E-state index is 11.2. The molecule has 2 rings (SSSR count). The second kappa shape index (κ2) is 4.13. The first-order chi connectivity index (χ1) is 8.09. The van der Waals surface area contributed by atoms with Gasteiger partial charge in [-0.1, -0.05) is 18.2 Å². The first-order valence-corrected chi connectivity index (χ1v) is 4.84. The van der Waals surface area contributed by atoms with Crippen LogP contribution in [0.3, 0.4) is 0 Å². The fourth-order valence-electron chi connectivity index (χ4n) is 1.52. The van der Waals surface area contributed by atoms with Crippen molar-refractivity contribution in [2.24, 2.45) is 0 Å². The van der Waals surface area contributed by atoms with Gasteiger partial charge >= 0.3 is 5.97 Å². The van der Waals surface area contributed by atoms with Crippen LogP contribution in [0.1, 0.15) is 10.4 Å². The fourth-order valence-corrected chi connectivity index (χ4v) is 1.52. The maximum atomic E-state index is 11.2. The third-order valence-corrected chi connectivity index (χ3v) is 2.35. The summed E-state index contributed by atoms with van der Waals surface area (Å²) in [4.78, 5) is 24.4. The van der Waals surface area contributed by atoms with Gasteiger partial charge in [0, 0.05) is 17.3 Å². The monoisotopic (exact) mass is 231 g/mol. The molecule has 5 nitrogen and oxygen atoms in total. The minimum Gasteiger partial charge on any atom is -0.507 e. The third-order valence-electron chi connectivity index (χ3n) is 2.35. The second-order valence-electron chi connectivity index (χ2n) is 3.45. The van der Waals surface area contributed by atoms with Gasteiger partial charge in [-0.25, -0.2) is 4.79 Å². The fraction of sp³-hybridized carbons (Fsp3) is 0. The molecule has 0 aliphatic carbocycles. The molecular weight excluding hydrogens is 222 g/mol. The number of aromatic carboxylic acids is 1. The summed E-state index contributed by atoms with van der Waals surface area (Å²) in [5, 5.41) is 18.4. The highest BCUT2D eigenvalue weighted by atomic mass is 16.4. The number of phenols is 1. The molecule has 1 aromatic heterocycles. The number of carboxylic acid groups (broad SMARTS) is 1. The molecule has 3 N–H and O–H groups in total. The van der Waals surface area contributed by atoms with Crippen molar-refractivity contribution in [3.05, 3.63) is 52.4 Å². The molecule has 17 heavy (non-hydrogen) atoms. The smallest absolute Gasteiger partial charge is 0.341 e. The molecule has 1 heterocycles. The van der Waals surface area contributed by atoms with Gasteiger partial charge in [-0.2, -0.15) is 0 Å². The number of hydrogen-bond acceptors (Lipinski definition) is 3. The van der Waals surface area contributed by atoms with E-state index < -0.39 is 11.5 Å². The zero-order valence-electron chi connectivity index (χ0n) is 8.68. The lowest BCUT2D eigenvalue weighted by Crippen LogP contribution is -2.16.